The highest BCUT2D eigenvalue weighted by molar-refractivity contribution is 5.19. The zero-order valence-electron chi connectivity index (χ0n) is 9.89. The van der Waals surface area contributed by atoms with Crippen molar-refractivity contribution < 1.29 is 0 Å². The molecular formula is C14H23N. The lowest BCUT2D eigenvalue weighted by atomic mass is 9.79. The van der Waals surface area contributed by atoms with Gasteiger partial charge in [0.05, 0.1) is 0 Å². The number of nitrogens with one attached hydrogen (secondary N) is 1. The lowest BCUT2D eigenvalue weighted by Crippen LogP contribution is -2.33. The van der Waals surface area contributed by atoms with Crippen LogP contribution in [0.4, 0.5) is 0 Å². The van der Waals surface area contributed by atoms with Crippen LogP contribution in [0.5, 0.6) is 0 Å². The summed E-state index contributed by atoms with van der Waals surface area (Å²) < 4.78 is 0. The molecule has 0 aromatic rings. The van der Waals surface area contributed by atoms with Crippen molar-refractivity contribution in [2.45, 2.75) is 32.6 Å². The summed E-state index contributed by atoms with van der Waals surface area (Å²) in [5.41, 5.74) is 1.86. The quantitative estimate of drug-likeness (QED) is 0.398. The predicted molar refractivity (Wildman–Crippen MR) is 67.9 cm³/mol. The van der Waals surface area contributed by atoms with Gasteiger partial charge >= 0.3 is 0 Å². The first-order valence-electron chi connectivity index (χ1n) is 5.86. The molecular weight excluding hydrogens is 182 g/mol. The molecule has 0 amide bonds. The van der Waals surface area contributed by atoms with Crippen LogP contribution in [0.3, 0.4) is 0 Å². The molecule has 0 unspecified atom stereocenters. The van der Waals surface area contributed by atoms with Gasteiger partial charge in [-0.1, -0.05) is 43.2 Å². The van der Waals surface area contributed by atoms with Crippen LogP contribution < -0.4 is 5.32 Å². The number of hydrogen-bond acceptors (Lipinski definition) is 1. The number of hydrogen-bond donors (Lipinski definition) is 1. The zero-order chi connectivity index (χ0) is 11.1. The molecule has 0 spiro atoms. The van der Waals surface area contributed by atoms with E-state index in [1.54, 1.807) is 0 Å². The van der Waals surface area contributed by atoms with E-state index in [0.29, 0.717) is 5.41 Å². The Morgan fingerprint density at radius 3 is 2.53 bits per heavy atom. The molecule has 0 saturated heterocycles. The summed E-state index contributed by atoms with van der Waals surface area (Å²) in [5, 5.41) is 3.46. The maximum absolute atomic E-state index is 3.79. The van der Waals surface area contributed by atoms with Crippen LogP contribution in [0.25, 0.3) is 0 Å². The van der Waals surface area contributed by atoms with Crippen molar-refractivity contribution in [2.75, 3.05) is 13.1 Å². The molecule has 0 aromatic carbocycles. The highest BCUT2D eigenvalue weighted by Crippen LogP contribution is 2.43. The Bertz CT molecular complexity index is 244. The molecule has 84 valence electrons. The summed E-state index contributed by atoms with van der Waals surface area (Å²) in [4.78, 5) is 0. The van der Waals surface area contributed by atoms with E-state index in [1.165, 1.54) is 31.3 Å². The normalized spacial score (nSPS) is 20.2. The Balaban J connectivity index is 2.65. The van der Waals surface area contributed by atoms with Gasteiger partial charge in [0.15, 0.2) is 0 Å². The molecule has 1 N–H and O–H groups in total. The Labute approximate surface area is 94.0 Å². The van der Waals surface area contributed by atoms with Crippen molar-refractivity contribution in [3.05, 3.63) is 37.0 Å². The van der Waals surface area contributed by atoms with E-state index in [0.717, 1.165) is 13.1 Å². The van der Waals surface area contributed by atoms with Crippen LogP contribution in [0.1, 0.15) is 32.6 Å². The molecule has 1 saturated carbocycles. The van der Waals surface area contributed by atoms with E-state index in [1.807, 2.05) is 12.2 Å². The van der Waals surface area contributed by atoms with Crippen molar-refractivity contribution in [1.29, 1.82) is 0 Å². The minimum atomic E-state index is 0.386. The van der Waals surface area contributed by atoms with Crippen LogP contribution >= 0.6 is 0 Å². The Kier molecular flexibility index (Phi) is 4.83. The fraction of sp³-hybridized carbons (Fsp3) is 0.571. The largest absolute Gasteiger partial charge is 0.312 e. The molecule has 0 aliphatic heterocycles. The molecule has 1 aliphatic rings. The summed E-state index contributed by atoms with van der Waals surface area (Å²) in [7, 11) is 0. The Hall–Kier alpha value is -0.820. The van der Waals surface area contributed by atoms with Crippen molar-refractivity contribution in [3.8, 4) is 0 Å². The van der Waals surface area contributed by atoms with Gasteiger partial charge in [-0.15, -0.1) is 6.58 Å². The van der Waals surface area contributed by atoms with Gasteiger partial charge in [-0.05, 0) is 19.8 Å². The first-order valence-corrected chi connectivity index (χ1v) is 5.86. The van der Waals surface area contributed by atoms with E-state index in [4.69, 9.17) is 0 Å². The Morgan fingerprint density at radius 2 is 2.00 bits per heavy atom. The van der Waals surface area contributed by atoms with Gasteiger partial charge < -0.3 is 5.32 Å². The van der Waals surface area contributed by atoms with Crippen LogP contribution in [0, 0.1) is 5.41 Å². The van der Waals surface area contributed by atoms with Crippen LogP contribution in [0.2, 0.25) is 0 Å². The van der Waals surface area contributed by atoms with Gasteiger partial charge in [0.25, 0.3) is 0 Å². The average Bonchev–Trinajstić information content (AvgIpc) is 2.69. The van der Waals surface area contributed by atoms with E-state index in [9.17, 15) is 0 Å². The summed E-state index contributed by atoms with van der Waals surface area (Å²) in [5.74, 6) is 0. The van der Waals surface area contributed by atoms with E-state index in [-0.39, 0.29) is 0 Å². The third-order valence-corrected chi connectivity index (χ3v) is 3.52. The average molecular weight is 205 g/mol. The summed E-state index contributed by atoms with van der Waals surface area (Å²) in [6.45, 7) is 11.7. The van der Waals surface area contributed by atoms with Crippen molar-refractivity contribution in [3.63, 3.8) is 0 Å². The van der Waals surface area contributed by atoms with Crippen LogP contribution in [0.15, 0.2) is 37.0 Å². The molecule has 1 rings (SSSR count). The van der Waals surface area contributed by atoms with Gasteiger partial charge in [0.2, 0.25) is 0 Å². The lowest BCUT2D eigenvalue weighted by Gasteiger charge is -2.30. The summed E-state index contributed by atoms with van der Waals surface area (Å²) in [6.07, 6.45) is 11.3. The fourth-order valence-electron chi connectivity index (χ4n) is 2.53. The number of allylic oxidation sites excluding steroid dienone is 2. The Morgan fingerprint density at radius 1 is 1.33 bits per heavy atom. The smallest absolute Gasteiger partial charge is 0.0132 e. The SMILES string of the molecule is C=C/C=C(\C)C1(CNCC=C)CCCC1. The molecule has 0 aromatic heterocycles. The molecule has 1 nitrogen and oxygen atoms in total. The monoisotopic (exact) mass is 205 g/mol. The van der Waals surface area contributed by atoms with Crippen molar-refractivity contribution >= 4 is 0 Å². The molecule has 0 bridgehead atoms. The second kappa shape index (κ2) is 5.92. The van der Waals surface area contributed by atoms with Crippen molar-refractivity contribution in [2.24, 2.45) is 5.41 Å². The van der Waals surface area contributed by atoms with Crippen molar-refractivity contribution in [1.82, 2.24) is 5.32 Å². The topological polar surface area (TPSA) is 12.0 Å². The third-order valence-electron chi connectivity index (χ3n) is 3.52. The molecule has 0 atom stereocenters. The van der Waals surface area contributed by atoms with E-state index in [2.05, 4.69) is 31.5 Å². The van der Waals surface area contributed by atoms with Crippen LogP contribution in [-0.2, 0) is 0 Å². The second-order valence-electron chi connectivity index (χ2n) is 4.49. The van der Waals surface area contributed by atoms with Gasteiger partial charge in [-0.3, -0.25) is 0 Å². The third kappa shape index (κ3) is 3.07. The van der Waals surface area contributed by atoms with E-state index >= 15 is 0 Å². The fourth-order valence-corrected chi connectivity index (χ4v) is 2.53. The summed E-state index contributed by atoms with van der Waals surface area (Å²) >= 11 is 0. The highest BCUT2D eigenvalue weighted by Gasteiger charge is 2.34. The first kappa shape index (κ1) is 12.3. The van der Waals surface area contributed by atoms with Gasteiger partial charge in [0.1, 0.15) is 0 Å². The number of rotatable bonds is 6. The lowest BCUT2D eigenvalue weighted by molar-refractivity contribution is 0.349. The first-order chi connectivity index (χ1) is 7.25. The standard InChI is InChI=1S/C14H23N/c1-4-8-13(3)14(9-6-7-10-14)12-15-11-5-2/h4-5,8,15H,1-2,6-7,9-12H2,3H3/b13-8+. The van der Waals surface area contributed by atoms with Gasteiger partial charge in [0, 0.05) is 18.5 Å². The van der Waals surface area contributed by atoms with Crippen LogP contribution in [-0.4, -0.2) is 13.1 Å². The maximum Gasteiger partial charge on any atom is 0.0132 e. The molecule has 0 heterocycles. The molecule has 1 heteroatoms. The molecule has 1 aliphatic carbocycles. The maximum atomic E-state index is 3.79. The molecule has 15 heavy (non-hydrogen) atoms. The predicted octanol–water partition coefficient (Wildman–Crippen LogP) is 3.45. The minimum Gasteiger partial charge on any atom is -0.312 e. The zero-order valence-corrected chi connectivity index (χ0v) is 9.89. The van der Waals surface area contributed by atoms with Gasteiger partial charge in [-0.2, -0.15) is 0 Å². The van der Waals surface area contributed by atoms with E-state index < -0.39 is 0 Å². The minimum absolute atomic E-state index is 0.386. The molecule has 1 fully saturated rings. The second-order valence-corrected chi connectivity index (χ2v) is 4.49. The molecule has 0 radical (unpaired) electrons. The van der Waals surface area contributed by atoms with Gasteiger partial charge in [-0.25, -0.2) is 0 Å². The highest BCUT2D eigenvalue weighted by atomic mass is 14.9. The summed E-state index contributed by atoms with van der Waals surface area (Å²) in [6, 6.07) is 0.